The third-order valence-electron chi connectivity index (χ3n) is 7.08. The lowest BCUT2D eigenvalue weighted by atomic mass is 9.62. The van der Waals surface area contributed by atoms with Crippen molar-refractivity contribution in [1.82, 2.24) is 10.3 Å². The molecule has 0 unspecified atom stereocenters. The van der Waals surface area contributed by atoms with Crippen molar-refractivity contribution in [1.29, 1.82) is 0 Å². The average Bonchev–Trinajstić information content (AvgIpc) is 2.95. The van der Waals surface area contributed by atoms with Gasteiger partial charge < -0.3 is 25.2 Å². The number of allylic oxidation sites excluding steroid dienone is 2. The van der Waals surface area contributed by atoms with Crippen LogP contribution in [0.5, 0.6) is 0 Å². The predicted molar refractivity (Wildman–Crippen MR) is 155 cm³/mol. The molecule has 4 rings (SSSR count). The topological polar surface area (TPSA) is 127 Å². The number of carbonyl (C=O) groups excluding carboxylic acids is 3. The van der Waals surface area contributed by atoms with Crippen molar-refractivity contribution >= 4 is 62.5 Å². The fourth-order valence-electron chi connectivity index (χ4n) is 5.04. The first-order valence-electron chi connectivity index (χ1n) is 13.0. The van der Waals surface area contributed by atoms with E-state index in [1.165, 1.54) is 12.4 Å². The molecule has 0 bridgehead atoms. The molecule has 12 heteroatoms. The van der Waals surface area contributed by atoms with Crippen LogP contribution in [0, 0.1) is 5.41 Å². The summed E-state index contributed by atoms with van der Waals surface area (Å²) in [6.45, 7) is 0.238. The molecule has 2 aliphatic carbocycles. The van der Waals surface area contributed by atoms with Crippen molar-refractivity contribution in [3.63, 3.8) is 0 Å². The van der Waals surface area contributed by atoms with Crippen LogP contribution in [0.2, 0.25) is 10.0 Å². The number of pyridine rings is 1. The Balaban J connectivity index is 1.47. The second kappa shape index (κ2) is 13.9. The highest BCUT2D eigenvalue weighted by Crippen LogP contribution is 2.53. The van der Waals surface area contributed by atoms with Crippen molar-refractivity contribution in [2.24, 2.45) is 5.41 Å². The SMILES string of the molecule is O=C(Nc1ccc(C[C@H](NC2=C(Br)C(=O)C23CCCCC3)C(=O)OCCOCCO)cc1)c1c(Cl)cncc1Cl. The Bertz CT molecular complexity index is 1260. The number of aliphatic hydroxyl groups excluding tert-OH is 1. The Kier molecular flexibility index (Phi) is 10.6. The van der Waals surface area contributed by atoms with Crippen LogP contribution in [0.1, 0.15) is 48.0 Å². The number of ketones is 1. The molecule has 1 saturated carbocycles. The van der Waals surface area contributed by atoms with E-state index in [1.807, 2.05) is 0 Å². The maximum absolute atomic E-state index is 13.1. The van der Waals surface area contributed by atoms with Crippen LogP contribution in [-0.4, -0.2) is 60.2 Å². The molecule has 3 N–H and O–H groups in total. The smallest absolute Gasteiger partial charge is 0.328 e. The summed E-state index contributed by atoms with van der Waals surface area (Å²) < 4.78 is 11.1. The quantitative estimate of drug-likeness (QED) is 0.219. The number of rotatable bonds is 12. The number of halogens is 3. The molecule has 2 aromatic rings. The third-order valence-corrected chi connectivity index (χ3v) is 8.41. The summed E-state index contributed by atoms with van der Waals surface area (Å²) in [7, 11) is 0. The van der Waals surface area contributed by atoms with Crippen LogP contribution in [0.15, 0.2) is 46.8 Å². The summed E-state index contributed by atoms with van der Waals surface area (Å²) in [5, 5.41) is 15.2. The number of anilines is 1. The lowest BCUT2D eigenvalue weighted by Crippen LogP contribution is -2.53. The molecule has 1 aromatic heterocycles. The van der Waals surface area contributed by atoms with Gasteiger partial charge in [0.1, 0.15) is 12.6 Å². The number of hydrogen-bond acceptors (Lipinski definition) is 8. The van der Waals surface area contributed by atoms with Crippen molar-refractivity contribution < 1.29 is 29.0 Å². The van der Waals surface area contributed by atoms with Crippen LogP contribution in [0.25, 0.3) is 0 Å². The van der Waals surface area contributed by atoms with Crippen molar-refractivity contribution in [2.45, 2.75) is 44.6 Å². The third kappa shape index (κ3) is 6.86. The van der Waals surface area contributed by atoms with Crippen LogP contribution in [-0.2, 0) is 25.5 Å². The van der Waals surface area contributed by atoms with Gasteiger partial charge in [-0.2, -0.15) is 0 Å². The second-order valence-corrected chi connectivity index (χ2v) is 11.3. The van der Waals surface area contributed by atoms with E-state index < -0.39 is 23.3 Å². The average molecular weight is 655 g/mol. The normalized spacial score (nSPS) is 16.9. The summed E-state index contributed by atoms with van der Waals surface area (Å²) in [5.41, 5.74) is 1.63. The molecular formula is C28H30BrCl2N3O6. The fraction of sp³-hybridized carbons (Fsp3) is 0.429. The summed E-state index contributed by atoms with van der Waals surface area (Å²) in [4.78, 5) is 42.6. The summed E-state index contributed by atoms with van der Waals surface area (Å²) in [5.74, 6) is -0.875. The Morgan fingerprint density at radius 2 is 1.73 bits per heavy atom. The Hall–Kier alpha value is -2.50. The number of carbonyl (C=O) groups is 3. The summed E-state index contributed by atoms with van der Waals surface area (Å²) in [6, 6.07) is 6.26. The monoisotopic (exact) mass is 653 g/mol. The van der Waals surface area contributed by atoms with Crippen molar-refractivity contribution in [2.75, 3.05) is 31.7 Å². The van der Waals surface area contributed by atoms with Gasteiger partial charge in [0.2, 0.25) is 0 Å². The Morgan fingerprint density at radius 3 is 2.38 bits per heavy atom. The highest BCUT2D eigenvalue weighted by molar-refractivity contribution is 9.12. The lowest BCUT2D eigenvalue weighted by molar-refractivity contribution is -0.148. The number of esters is 1. The number of aliphatic hydroxyl groups is 1. The van der Waals surface area contributed by atoms with Crippen LogP contribution in [0.3, 0.4) is 0 Å². The minimum absolute atomic E-state index is 0.0341. The molecule has 1 aromatic carbocycles. The predicted octanol–water partition coefficient (Wildman–Crippen LogP) is 4.83. The van der Waals surface area contributed by atoms with Gasteiger partial charge in [-0.25, -0.2) is 4.79 Å². The number of amides is 1. The molecule has 1 atom stereocenters. The molecule has 1 fully saturated rings. The molecular weight excluding hydrogens is 625 g/mol. The number of hydrogen-bond donors (Lipinski definition) is 3. The molecule has 2 aliphatic rings. The minimum Gasteiger partial charge on any atom is -0.462 e. The van der Waals surface area contributed by atoms with Gasteiger partial charge in [0.05, 0.1) is 45.3 Å². The first-order valence-corrected chi connectivity index (χ1v) is 14.6. The van der Waals surface area contributed by atoms with Gasteiger partial charge in [-0.3, -0.25) is 14.6 Å². The molecule has 1 heterocycles. The summed E-state index contributed by atoms with van der Waals surface area (Å²) >= 11 is 15.6. The van der Waals surface area contributed by atoms with Crippen molar-refractivity contribution in [3.05, 3.63) is 68.0 Å². The van der Waals surface area contributed by atoms with E-state index in [9.17, 15) is 14.4 Å². The van der Waals surface area contributed by atoms with Gasteiger partial charge in [-0.05, 0) is 46.5 Å². The maximum atomic E-state index is 13.1. The molecule has 214 valence electrons. The van der Waals surface area contributed by atoms with Gasteiger partial charge in [0, 0.05) is 30.2 Å². The molecule has 40 heavy (non-hydrogen) atoms. The second-order valence-electron chi connectivity index (χ2n) is 9.69. The first kappa shape index (κ1) is 30.5. The highest BCUT2D eigenvalue weighted by atomic mass is 79.9. The Morgan fingerprint density at radius 1 is 1.05 bits per heavy atom. The number of Topliss-reactive ketones (excluding diaryl/α,β-unsaturated/α-hetero) is 1. The largest absolute Gasteiger partial charge is 0.462 e. The van der Waals surface area contributed by atoms with E-state index in [1.54, 1.807) is 24.3 Å². The maximum Gasteiger partial charge on any atom is 0.328 e. The first-order chi connectivity index (χ1) is 19.3. The van der Waals surface area contributed by atoms with Gasteiger partial charge in [-0.15, -0.1) is 0 Å². The number of aromatic nitrogens is 1. The van der Waals surface area contributed by atoms with Crippen LogP contribution < -0.4 is 10.6 Å². The van der Waals surface area contributed by atoms with Gasteiger partial charge in [0.15, 0.2) is 5.78 Å². The molecule has 0 aliphatic heterocycles. The zero-order valence-electron chi connectivity index (χ0n) is 21.7. The Labute approximate surface area is 250 Å². The van der Waals surface area contributed by atoms with Gasteiger partial charge in [0.25, 0.3) is 5.91 Å². The lowest BCUT2D eigenvalue weighted by Gasteiger charge is -2.46. The van der Waals surface area contributed by atoms with Gasteiger partial charge in [-0.1, -0.05) is 54.6 Å². The number of nitrogens with zero attached hydrogens (tertiary/aromatic N) is 1. The fourth-order valence-corrected chi connectivity index (χ4v) is 6.45. The van der Waals surface area contributed by atoms with Crippen LogP contribution in [0.4, 0.5) is 5.69 Å². The van der Waals surface area contributed by atoms with E-state index in [0.29, 0.717) is 10.2 Å². The van der Waals surface area contributed by atoms with E-state index in [4.69, 9.17) is 37.8 Å². The molecule has 1 spiro atoms. The minimum atomic E-state index is -0.762. The standard InChI is InChI=1S/C28H30BrCl2N3O6/c29-23-24(28(25(23)36)8-2-1-3-9-28)34-21(27(38)40-13-12-39-11-10-35)14-17-4-6-18(7-5-17)33-26(37)22-19(30)15-32-16-20(22)31/h4-7,15-16,21,34-35H,1-3,8-14H2,(H,33,37)/t21-/m0/s1. The highest BCUT2D eigenvalue weighted by Gasteiger charge is 2.53. The van der Waals surface area contributed by atoms with Gasteiger partial charge >= 0.3 is 5.97 Å². The van der Waals surface area contributed by atoms with E-state index in [-0.39, 0.29) is 54.2 Å². The number of benzene rings is 1. The number of nitrogens with one attached hydrogen (secondary N) is 2. The van der Waals surface area contributed by atoms with E-state index >= 15 is 0 Å². The van der Waals surface area contributed by atoms with E-state index in [0.717, 1.165) is 43.4 Å². The zero-order chi connectivity index (χ0) is 28.7. The van der Waals surface area contributed by atoms with Crippen molar-refractivity contribution in [3.8, 4) is 0 Å². The molecule has 9 nitrogen and oxygen atoms in total. The van der Waals surface area contributed by atoms with E-state index in [2.05, 4.69) is 31.5 Å². The molecule has 0 radical (unpaired) electrons. The molecule has 1 amide bonds. The number of ether oxygens (including phenoxy) is 2. The summed E-state index contributed by atoms with van der Waals surface area (Å²) in [6.07, 6.45) is 7.46. The molecule has 0 saturated heterocycles. The van der Waals surface area contributed by atoms with Crippen LogP contribution >= 0.6 is 39.1 Å². The zero-order valence-corrected chi connectivity index (χ0v) is 24.8.